The minimum atomic E-state index is -0.171. The molecule has 102 valence electrons. The first-order chi connectivity index (χ1) is 8.28. The largest absolute Gasteiger partial charge is 0.459 e. The summed E-state index contributed by atoms with van der Waals surface area (Å²) in [6.45, 7) is 9.46. The van der Waals surface area contributed by atoms with E-state index in [2.05, 4.69) is 27.7 Å². The quantitative estimate of drug-likeness (QED) is 0.609. The molecule has 1 aliphatic heterocycles. The van der Waals surface area contributed by atoms with Crippen LogP contribution in [-0.2, 0) is 9.53 Å². The van der Waals surface area contributed by atoms with E-state index in [-0.39, 0.29) is 11.6 Å². The summed E-state index contributed by atoms with van der Waals surface area (Å²) >= 11 is 0. The molecule has 2 nitrogen and oxygen atoms in total. The predicted octanol–water partition coefficient (Wildman–Crippen LogP) is 3.93. The van der Waals surface area contributed by atoms with E-state index in [1.54, 1.807) is 0 Å². The van der Waals surface area contributed by atoms with Gasteiger partial charge in [0, 0.05) is 5.92 Å². The highest BCUT2D eigenvalue weighted by atomic mass is 16.6. The monoisotopic (exact) mass is 250 g/mol. The third-order valence-electron chi connectivity index (χ3n) is 6.46. The van der Waals surface area contributed by atoms with E-state index in [0.29, 0.717) is 23.2 Å². The molecular formula is C16H26O2. The fourth-order valence-corrected chi connectivity index (χ4v) is 5.65. The standard InChI is InChI=1S/C16H26O2/c1-14(2)7-5-8-15(3)11(14)6-9-16(4)12(15)10-13(17)18-16/h11-12H,5-10H2,1-4H3/t11-,12+,15+,16+/m1/s1. The van der Waals surface area contributed by atoms with Crippen molar-refractivity contribution in [2.45, 2.75) is 71.8 Å². The van der Waals surface area contributed by atoms with E-state index >= 15 is 0 Å². The first kappa shape index (κ1) is 12.5. The van der Waals surface area contributed by atoms with Crippen molar-refractivity contribution in [3.8, 4) is 0 Å². The minimum Gasteiger partial charge on any atom is -0.459 e. The lowest BCUT2D eigenvalue weighted by molar-refractivity contribution is -0.164. The zero-order valence-electron chi connectivity index (χ0n) is 12.2. The Morgan fingerprint density at radius 1 is 1.06 bits per heavy atom. The molecule has 1 heterocycles. The second-order valence-corrected chi connectivity index (χ2v) is 7.98. The van der Waals surface area contributed by atoms with Crippen LogP contribution in [0, 0.1) is 22.7 Å². The van der Waals surface area contributed by atoms with Crippen LogP contribution in [0.4, 0.5) is 0 Å². The number of fused-ring (bicyclic) bond motifs is 3. The van der Waals surface area contributed by atoms with Crippen LogP contribution >= 0.6 is 0 Å². The number of carbonyl (C=O) groups excluding carboxylic acids is 1. The van der Waals surface area contributed by atoms with E-state index in [1.165, 1.54) is 25.7 Å². The molecule has 3 aliphatic rings. The molecule has 2 saturated carbocycles. The molecule has 4 atom stereocenters. The molecule has 3 rings (SSSR count). The van der Waals surface area contributed by atoms with Gasteiger partial charge >= 0.3 is 5.97 Å². The fraction of sp³-hybridized carbons (Fsp3) is 0.938. The maximum Gasteiger partial charge on any atom is 0.306 e. The Morgan fingerprint density at radius 2 is 1.78 bits per heavy atom. The van der Waals surface area contributed by atoms with Crippen molar-refractivity contribution < 1.29 is 9.53 Å². The molecule has 0 bridgehead atoms. The first-order valence-electron chi connectivity index (χ1n) is 7.50. The average Bonchev–Trinajstić information content (AvgIpc) is 2.53. The molecule has 0 aromatic carbocycles. The maximum atomic E-state index is 11.8. The van der Waals surface area contributed by atoms with Gasteiger partial charge in [-0.25, -0.2) is 0 Å². The molecule has 18 heavy (non-hydrogen) atoms. The van der Waals surface area contributed by atoms with Gasteiger partial charge in [-0.15, -0.1) is 0 Å². The summed E-state index contributed by atoms with van der Waals surface area (Å²) < 4.78 is 5.70. The van der Waals surface area contributed by atoms with E-state index in [0.717, 1.165) is 12.3 Å². The molecule has 0 aromatic rings. The van der Waals surface area contributed by atoms with Crippen LogP contribution in [0.3, 0.4) is 0 Å². The van der Waals surface area contributed by atoms with Gasteiger partial charge in [0.25, 0.3) is 0 Å². The SMILES string of the molecule is CC1(C)CCC[C@@]2(C)[C@@H]1CC[C@]1(C)OC(=O)C[C@@H]21. The summed E-state index contributed by atoms with van der Waals surface area (Å²) in [4.78, 5) is 11.8. The summed E-state index contributed by atoms with van der Waals surface area (Å²) in [6.07, 6.45) is 6.86. The Balaban J connectivity index is 2.00. The molecule has 0 aromatic heterocycles. The molecule has 3 fully saturated rings. The lowest BCUT2D eigenvalue weighted by atomic mass is 9.45. The van der Waals surface area contributed by atoms with E-state index < -0.39 is 0 Å². The number of hydrogen-bond donors (Lipinski definition) is 0. The Labute approximate surface area is 110 Å². The summed E-state index contributed by atoms with van der Waals surface area (Å²) in [5.41, 5.74) is 0.566. The van der Waals surface area contributed by atoms with Crippen LogP contribution in [0.15, 0.2) is 0 Å². The van der Waals surface area contributed by atoms with Crippen LogP contribution in [0.25, 0.3) is 0 Å². The summed E-state index contributed by atoms with van der Waals surface area (Å²) in [5.74, 6) is 1.23. The van der Waals surface area contributed by atoms with Crippen molar-refractivity contribution in [3.63, 3.8) is 0 Å². The van der Waals surface area contributed by atoms with Gasteiger partial charge in [-0.1, -0.05) is 27.2 Å². The molecule has 0 amide bonds. The van der Waals surface area contributed by atoms with Crippen molar-refractivity contribution in [1.29, 1.82) is 0 Å². The van der Waals surface area contributed by atoms with Crippen molar-refractivity contribution in [1.82, 2.24) is 0 Å². The lowest BCUT2D eigenvalue weighted by Gasteiger charge is -2.59. The van der Waals surface area contributed by atoms with Crippen molar-refractivity contribution >= 4 is 5.97 Å². The van der Waals surface area contributed by atoms with E-state index in [4.69, 9.17) is 4.74 Å². The number of hydrogen-bond acceptors (Lipinski definition) is 2. The van der Waals surface area contributed by atoms with Crippen molar-refractivity contribution in [3.05, 3.63) is 0 Å². The second kappa shape index (κ2) is 3.52. The molecule has 0 radical (unpaired) electrons. The maximum absolute atomic E-state index is 11.8. The highest BCUT2D eigenvalue weighted by Gasteiger charge is 2.62. The van der Waals surface area contributed by atoms with E-state index in [9.17, 15) is 4.79 Å². The Morgan fingerprint density at radius 3 is 2.50 bits per heavy atom. The normalized spacial score (nSPS) is 50.3. The average molecular weight is 250 g/mol. The molecule has 2 heteroatoms. The summed E-state index contributed by atoms with van der Waals surface area (Å²) in [5, 5.41) is 0. The number of ether oxygens (including phenoxy) is 1. The fourth-order valence-electron chi connectivity index (χ4n) is 5.65. The number of rotatable bonds is 0. The predicted molar refractivity (Wildman–Crippen MR) is 71.1 cm³/mol. The number of carbonyl (C=O) groups is 1. The molecule has 2 aliphatic carbocycles. The Hall–Kier alpha value is -0.530. The topological polar surface area (TPSA) is 26.3 Å². The van der Waals surface area contributed by atoms with Gasteiger partial charge in [0.15, 0.2) is 0 Å². The highest BCUT2D eigenvalue weighted by Crippen LogP contribution is 2.64. The van der Waals surface area contributed by atoms with Crippen molar-refractivity contribution in [2.24, 2.45) is 22.7 Å². The van der Waals surface area contributed by atoms with Gasteiger partial charge < -0.3 is 4.74 Å². The van der Waals surface area contributed by atoms with Crippen LogP contribution < -0.4 is 0 Å². The van der Waals surface area contributed by atoms with Crippen molar-refractivity contribution in [2.75, 3.05) is 0 Å². The smallest absolute Gasteiger partial charge is 0.306 e. The van der Waals surface area contributed by atoms with Crippen LogP contribution in [-0.4, -0.2) is 11.6 Å². The van der Waals surface area contributed by atoms with Gasteiger partial charge in [-0.05, 0) is 49.4 Å². The van der Waals surface area contributed by atoms with Crippen LogP contribution in [0.1, 0.15) is 66.2 Å². The zero-order chi connectivity index (χ0) is 13.2. The molecule has 0 unspecified atom stereocenters. The zero-order valence-corrected chi connectivity index (χ0v) is 12.2. The summed E-state index contributed by atoms with van der Waals surface area (Å²) in [6, 6.07) is 0. The lowest BCUT2D eigenvalue weighted by Crippen LogP contribution is -2.55. The van der Waals surface area contributed by atoms with Gasteiger partial charge in [0.2, 0.25) is 0 Å². The molecule has 0 spiro atoms. The second-order valence-electron chi connectivity index (χ2n) is 7.98. The van der Waals surface area contributed by atoms with Crippen LogP contribution in [0.2, 0.25) is 0 Å². The third kappa shape index (κ3) is 1.50. The van der Waals surface area contributed by atoms with Gasteiger partial charge in [0.05, 0.1) is 6.42 Å². The number of esters is 1. The first-order valence-corrected chi connectivity index (χ1v) is 7.50. The third-order valence-corrected chi connectivity index (χ3v) is 6.46. The summed E-state index contributed by atoms with van der Waals surface area (Å²) in [7, 11) is 0. The Kier molecular flexibility index (Phi) is 2.44. The van der Waals surface area contributed by atoms with Gasteiger partial charge in [-0.2, -0.15) is 0 Å². The highest BCUT2D eigenvalue weighted by molar-refractivity contribution is 5.73. The molecule has 0 N–H and O–H groups in total. The Bertz CT molecular complexity index is 387. The van der Waals surface area contributed by atoms with Gasteiger partial charge in [-0.3, -0.25) is 4.79 Å². The van der Waals surface area contributed by atoms with Crippen LogP contribution in [0.5, 0.6) is 0 Å². The molecular weight excluding hydrogens is 224 g/mol. The van der Waals surface area contributed by atoms with Gasteiger partial charge in [0.1, 0.15) is 5.60 Å². The molecule has 1 saturated heterocycles. The minimum absolute atomic E-state index is 0.0350. The van der Waals surface area contributed by atoms with E-state index in [1.807, 2.05) is 0 Å².